The summed E-state index contributed by atoms with van der Waals surface area (Å²) in [6, 6.07) is 0. The first-order valence-electron chi connectivity index (χ1n) is 46.3. The number of terminal acetylenes is 3. The number of aliphatic imine (C=N–C) groups is 3. The van der Waals surface area contributed by atoms with Crippen molar-refractivity contribution in [1.29, 1.82) is 0 Å². The van der Waals surface area contributed by atoms with Crippen molar-refractivity contribution in [2.24, 2.45) is 15.0 Å². The van der Waals surface area contributed by atoms with Crippen LogP contribution in [0.15, 0.2) is 78.3 Å². The number of hydrogen-bond donors (Lipinski definition) is 9. The number of halogens is 2. The third-order valence-corrected chi connectivity index (χ3v) is 39.0. The van der Waals surface area contributed by atoms with Crippen molar-refractivity contribution in [3.8, 4) is 37.0 Å². The monoisotopic (exact) mass is 2160 g/mol. The maximum Gasteiger partial charge on any atom is 0.217 e. The molecule has 0 radical (unpaired) electrons. The molecule has 0 saturated carbocycles. The van der Waals surface area contributed by atoms with Crippen LogP contribution < -0.4 is 11.5 Å². The smallest absolute Gasteiger partial charge is 0.217 e. The molecule has 5 unspecified atom stereocenters. The number of ether oxygens (including phenoxy) is 9. The molecule has 10 aromatic heterocycles. The molecule has 0 amide bonds. The number of aliphatic hydroxyl groups excluding tert-OH is 7. The van der Waals surface area contributed by atoms with E-state index >= 15 is 0 Å². The Morgan fingerprint density at radius 3 is 0.966 bits per heavy atom. The number of nitrogen functional groups attached to an aromatic ring is 2. The Balaban J connectivity index is 0.000000265. The highest BCUT2D eigenvalue weighted by Gasteiger charge is 2.46. The molecule has 11 N–H and O–H groups in total. The lowest BCUT2D eigenvalue weighted by Crippen LogP contribution is -2.44. The van der Waals surface area contributed by atoms with Gasteiger partial charge in [0.15, 0.2) is 97.9 Å². The lowest BCUT2D eigenvalue weighted by atomic mass is 10.2. The quantitative estimate of drug-likeness (QED) is 0.00440. The van der Waals surface area contributed by atoms with Gasteiger partial charge in [-0.05, 0) is 55.4 Å². The molecular formula is C93H151BrClN29O18Si3. The molecule has 10 aromatic rings. The van der Waals surface area contributed by atoms with E-state index in [0.29, 0.717) is 141 Å². The van der Waals surface area contributed by atoms with Gasteiger partial charge in [0.25, 0.3) is 0 Å². The highest BCUT2D eigenvalue weighted by molar-refractivity contribution is 9.09. The van der Waals surface area contributed by atoms with Crippen molar-refractivity contribution in [3.63, 3.8) is 0 Å². The molecule has 0 aliphatic carbocycles. The van der Waals surface area contributed by atoms with Crippen LogP contribution in [0.2, 0.25) is 54.4 Å². The number of fused-ring (bicyclic) bond motifs is 5. The Morgan fingerprint density at radius 2 is 0.703 bits per heavy atom. The summed E-state index contributed by atoms with van der Waals surface area (Å²) in [5.41, 5.74) is 17.3. The molecule has 15 atom stereocenters. The van der Waals surface area contributed by atoms with Gasteiger partial charge in [-0.25, -0.2) is 89.7 Å². The molecule has 0 aromatic carbocycles. The van der Waals surface area contributed by atoms with E-state index in [0.717, 1.165) is 7.11 Å². The van der Waals surface area contributed by atoms with Crippen molar-refractivity contribution < 1.29 is 87.2 Å². The van der Waals surface area contributed by atoms with E-state index in [2.05, 4.69) is 225 Å². The van der Waals surface area contributed by atoms with Gasteiger partial charge in [0.05, 0.1) is 120 Å². The Hall–Kier alpha value is -9.90. The minimum absolute atomic E-state index is 0. The van der Waals surface area contributed by atoms with Crippen LogP contribution in [0.4, 0.5) is 29.1 Å². The number of aliphatic hydroxyl groups is 7. The number of nitrogens with zero attached hydrogens (tertiary/aromatic N) is 27. The molecule has 15 heterocycles. The van der Waals surface area contributed by atoms with Gasteiger partial charge in [-0.1, -0.05) is 117 Å². The van der Waals surface area contributed by atoms with Gasteiger partial charge in [-0.15, -0.1) is 19.3 Å². The van der Waals surface area contributed by atoms with Gasteiger partial charge >= 0.3 is 0 Å². The molecule has 47 nitrogen and oxygen atoms in total. The van der Waals surface area contributed by atoms with Crippen molar-refractivity contribution in [1.82, 2.24) is 117 Å². The van der Waals surface area contributed by atoms with E-state index in [4.69, 9.17) is 104 Å². The number of alkyl halides is 1. The number of aromatic nitrogens is 20. The van der Waals surface area contributed by atoms with Crippen LogP contribution in [-0.2, 0) is 51.5 Å². The van der Waals surface area contributed by atoms with Crippen LogP contribution >= 0.6 is 27.0 Å². The maximum absolute atomic E-state index is 10.5. The molecule has 15 rings (SSSR count). The zero-order valence-corrected chi connectivity index (χ0v) is 92.6. The molecule has 5 saturated heterocycles. The number of anilines is 2. The maximum atomic E-state index is 10.5. The minimum atomic E-state index is -1.93. The van der Waals surface area contributed by atoms with Gasteiger partial charge in [-0.2, -0.15) is 11.1 Å². The number of nitrogens with two attached hydrogens (primary N) is 2. The number of imidazole rings is 5. The first-order valence-corrected chi connectivity index (χ1v) is 57.3. The number of hydrogen-bond acceptors (Lipinski definition) is 39. The lowest BCUT2D eigenvalue weighted by Gasteiger charge is -2.37. The average Bonchev–Trinajstić information content (AvgIpc) is 1.64. The number of rotatable bonds is 27. The fourth-order valence-electron chi connectivity index (χ4n) is 13.5. The van der Waals surface area contributed by atoms with E-state index in [1.807, 2.05) is 80.2 Å². The zero-order valence-electron chi connectivity index (χ0n) is 87.3. The Morgan fingerprint density at radius 1 is 0.441 bits per heavy atom. The van der Waals surface area contributed by atoms with Crippen LogP contribution in [0.1, 0.15) is 133 Å². The molecule has 5 fully saturated rings. The van der Waals surface area contributed by atoms with Crippen LogP contribution in [0.25, 0.3) is 55.8 Å². The van der Waals surface area contributed by atoms with E-state index in [1.165, 1.54) is 31.6 Å². The Bertz CT molecular complexity index is 5820. The van der Waals surface area contributed by atoms with Gasteiger partial charge in [-0.3, -0.25) is 27.7 Å². The fourth-order valence-corrected chi connectivity index (χ4v) is 15.5. The third kappa shape index (κ3) is 34.1. The van der Waals surface area contributed by atoms with Crippen molar-refractivity contribution in [2.45, 2.75) is 255 Å². The van der Waals surface area contributed by atoms with E-state index in [9.17, 15) is 25.5 Å². The highest BCUT2D eigenvalue weighted by Crippen LogP contribution is 2.44. The molecule has 5 aliphatic heterocycles. The topological polar surface area (TPSA) is 563 Å². The summed E-state index contributed by atoms with van der Waals surface area (Å²) in [5.74, 6) is 9.41. The lowest BCUT2D eigenvalue weighted by molar-refractivity contribution is -0.179. The van der Waals surface area contributed by atoms with Crippen LogP contribution in [-0.4, -0.2) is 393 Å². The molecule has 52 heteroatoms. The van der Waals surface area contributed by atoms with E-state index < -0.39 is 73.1 Å². The Kier molecular flexibility index (Phi) is 48.7. The standard InChI is InChI=1S/C22H34N6O3Si.C19H32N6O3Si.C13H18N6O3.C13H15N5O3.C10H13N5O3.C6H15ClSi.C5H13NO2.C3H3Br.CH4O.CH4/c1-9-10-29-16-11-18(31-17(16)12-30-32(7,8)22(2,3)4)28-15-25-19-20(26-14-27(5)6)23-13-24-21(19)28;1-19(2,3)29(6,7)27-9-14-13(26)8-15(28-14)25-12-22-16-17(23-11-24(4)5)20-10-21-18(16)25;1-18(2)6-17-12-11-13(15-5-14-12)19(7-16-11)10-3-8(21)9(4-20)22-10;1-2-3-20-8-4-10(21-9(8)5-19)18-7-17-11-12(14)15-6-16-13(11)18;11-9-8-10(13-3-12-9)15(4-14-8)7-1-5(17)6(2-16)18-7;1-6(2,3)8(4,5)7;1-6(2)5(7-3)8-4;1-2-3-4;1-2;/h1,13-18H,10-12H2,2-8H3;10-15,26H,8-9H2,1-7H3;5-10,20-21H,3-4H2,1-2H3;1,6-10,19H,3-5H2,(H2,14,15,16);3-7,16-17H,1-2H2,(H2,11,12,13);1-5H3;5H,1-4H3;1H,3H2;2H,1H3;1H4/t16?,17-,18-;13?,14-,15-;2*8?,9-,10-;5?,6-,7-;;;;;/m11111...../s1. The minimum Gasteiger partial charge on any atom is -0.414 e. The fraction of sp³-hybridized carbons (Fsp3) is 0.634. The third-order valence-electron chi connectivity index (χ3n) is 24.4. The second kappa shape index (κ2) is 57.0. The zero-order chi connectivity index (χ0) is 107. The SMILES string of the molecule is C.C#CCBr.C#CCOC1C[C@H](n2cnc3c(N)ncnc32)O[C@@H]1CO.C#CCOC1C[C@H](n2cnc3c(N=CN(C)C)ncnc32)O[C@@H]1CO[Si](C)(C)C(C)(C)C.CC(C)(C)[Si](C)(C)Cl.CN(C)C=Nc1ncnc2c1ncn2[C@H]1CC(O)[C@@H](CO)O1.CN(C)C=Nc1ncnc2c1ncn2[C@H]1CC(O)[C@@H](CO[Si](C)(C)C(C)(C)C)O1.CO.COC(OC)N(C)C.Nc1ncnc2c1ncn2[C@H]1CC(O)[C@@H](CO)O1. The van der Waals surface area contributed by atoms with Gasteiger partial charge < -0.3 is 113 Å². The summed E-state index contributed by atoms with van der Waals surface area (Å²) >= 11 is 9.16. The summed E-state index contributed by atoms with van der Waals surface area (Å²) in [4.78, 5) is 83.5. The van der Waals surface area contributed by atoms with Crippen LogP contribution in [0.3, 0.4) is 0 Å². The molecule has 145 heavy (non-hydrogen) atoms. The largest absolute Gasteiger partial charge is 0.414 e. The molecule has 5 aliphatic rings. The summed E-state index contributed by atoms with van der Waals surface area (Å²) in [6.07, 6.45) is 31.2. The summed E-state index contributed by atoms with van der Waals surface area (Å²) < 4.78 is 72.2. The van der Waals surface area contributed by atoms with Crippen LogP contribution in [0.5, 0.6) is 0 Å². The first-order chi connectivity index (χ1) is 67.9. The van der Waals surface area contributed by atoms with Crippen molar-refractivity contribution in [3.05, 3.63) is 63.3 Å². The predicted octanol–water partition coefficient (Wildman–Crippen LogP) is 9.15. The predicted molar refractivity (Wildman–Crippen MR) is 568 cm³/mol. The van der Waals surface area contributed by atoms with Crippen molar-refractivity contribution in [2.75, 3.05) is 141 Å². The second-order valence-corrected chi connectivity index (χ2v) is 56.4. The van der Waals surface area contributed by atoms with Crippen molar-refractivity contribution >= 4 is 155 Å². The van der Waals surface area contributed by atoms with Gasteiger partial charge in [0.1, 0.15) is 118 Å². The summed E-state index contributed by atoms with van der Waals surface area (Å²) in [6.45, 7) is 33.7. The van der Waals surface area contributed by atoms with E-state index in [1.54, 1.807) is 83.5 Å². The van der Waals surface area contributed by atoms with Gasteiger partial charge in [0, 0.05) is 95.7 Å². The van der Waals surface area contributed by atoms with Gasteiger partial charge in [0.2, 0.25) is 6.41 Å². The normalized spacial score (nSPS) is 22.1. The summed E-state index contributed by atoms with van der Waals surface area (Å²) in [5, 5.41) is 65.9. The highest BCUT2D eigenvalue weighted by atomic mass is 79.9. The second-order valence-electron chi connectivity index (χ2n) is 39.0. The molecule has 802 valence electrons. The molecular weight excluding hydrogens is 2010 g/mol. The molecule has 0 spiro atoms. The average molecular weight is 2160 g/mol. The summed E-state index contributed by atoms with van der Waals surface area (Å²) in [7, 11) is 14.1. The molecule has 0 bridgehead atoms. The van der Waals surface area contributed by atoms with E-state index in [-0.39, 0.29) is 100 Å². The Labute approximate surface area is 865 Å². The van der Waals surface area contributed by atoms with Crippen LogP contribution in [0, 0.1) is 37.0 Å². The number of methoxy groups -OCH3 is 2. The first kappa shape index (κ1) is 124.